The average Bonchev–Trinajstić information content (AvgIpc) is 3.66. The van der Waals surface area contributed by atoms with Gasteiger partial charge in [-0.15, -0.1) is 0 Å². The summed E-state index contributed by atoms with van der Waals surface area (Å²) < 4.78 is 0.198. The van der Waals surface area contributed by atoms with Gasteiger partial charge in [-0.25, -0.2) is 0 Å². The average molecular weight is 756 g/mol. The Bertz CT molecular complexity index is 1880. The molecule has 0 N–H and O–H groups in total. The minimum atomic E-state index is -4.82. The number of aryl methyl sites for hydroxylation is 1. The third-order valence-corrected chi connectivity index (χ3v) is 63.9. The van der Waals surface area contributed by atoms with Crippen LogP contribution in [0.5, 0.6) is 0 Å². The van der Waals surface area contributed by atoms with Crippen LogP contribution in [0.4, 0.5) is 0 Å². The van der Waals surface area contributed by atoms with Crippen LogP contribution in [0.1, 0.15) is 99.4 Å². The van der Waals surface area contributed by atoms with Crippen molar-refractivity contribution in [3.05, 3.63) is 129 Å². The number of benzene rings is 4. The Balaban J connectivity index is 1.38. The second-order valence-corrected chi connectivity index (χ2v) is 57.8. The molecule has 1 saturated carbocycles. The van der Waals surface area contributed by atoms with Crippen LogP contribution in [0.25, 0.3) is 34.4 Å². The zero-order chi connectivity index (χ0) is 33.1. The molecule has 4 heteroatoms. The molecular formula is C43H49Cl2SiZr. The van der Waals surface area contributed by atoms with Gasteiger partial charge < -0.3 is 0 Å². The molecule has 0 amide bonds. The van der Waals surface area contributed by atoms with Gasteiger partial charge in [-0.3, -0.25) is 0 Å². The van der Waals surface area contributed by atoms with E-state index in [0.29, 0.717) is 11.8 Å². The van der Waals surface area contributed by atoms with Gasteiger partial charge in [0.05, 0.1) is 0 Å². The van der Waals surface area contributed by atoms with E-state index in [1.165, 1.54) is 98.9 Å². The van der Waals surface area contributed by atoms with Crippen LogP contribution < -0.4 is 0 Å². The maximum absolute atomic E-state index is 8.66. The normalized spacial score (nSPS) is 20.5. The Morgan fingerprint density at radius 2 is 1.34 bits per heavy atom. The molecule has 4 aromatic rings. The number of allylic oxidation sites excluding steroid dienone is 2. The molecule has 2 atom stereocenters. The van der Waals surface area contributed by atoms with Crippen LogP contribution >= 0.6 is 17.0 Å². The SMILES string of the molecule is CC1=Cc2c(-c3ccc(C4CCCCC4)cc3)ccc(C)c2[CH]1[Zr]([Cl])([Cl])([CH]1C(C(C)C)=Cc2c(-c3ccccc3)cccc21)[SiH](C)C. The Hall–Kier alpha value is -1.96. The topological polar surface area (TPSA) is 0 Å². The van der Waals surface area contributed by atoms with Crippen molar-refractivity contribution in [2.24, 2.45) is 5.92 Å². The third kappa shape index (κ3) is 5.49. The van der Waals surface area contributed by atoms with E-state index >= 15 is 0 Å². The molecule has 0 heterocycles. The molecule has 4 aromatic carbocycles. The molecule has 0 saturated heterocycles. The van der Waals surface area contributed by atoms with Crippen LogP contribution in [-0.4, -0.2) is 5.92 Å². The second kappa shape index (κ2) is 12.7. The standard InChI is InChI=1S/C23H25.C18H17.C2H7Si.2ClH.Zr/c1-16-14-22-17(2)8-13-21(23(22)15-16)20-11-9-19(10-12-20)18-6-4-3-5-7-18;1-13(2)16-11-15-9-6-10-17(18(15)12-16)14-7-4-3-5-8-14;1-3-2;;;/h8-15,18H,3-7H2,1-2H3;3-13H,1-2H3;3H,1-2H3;2*1H;/q;;;;;+2/p-2. The third-order valence-electron chi connectivity index (χ3n) is 12.0. The van der Waals surface area contributed by atoms with Gasteiger partial charge in [0.25, 0.3) is 0 Å². The molecule has 0 spiro atoms. The minimum absolute atomic E-state index is 0.0985. The molecule has 0 aromatic heterocycles. The van der Waals surface area contributed by atoms with E-state index in [1.54, 1.807) is 0 Å². The van der Waals surface area contributed by atoms with E-state index in [9.17, 15) is 0 Å². The zero-order valence-electron chi connectivity index (χ0n) is 28.9. The molecule has 0 nitrogen and oxygen atoms in total. The van der Waals surface area contributed by atoms with Crippen LogP contribution in [0.15, 0.2) is 96.1 Å². The predicted molar refractivity (Wildman–Crippen MR) is 207 cm³/mol. The van der Waals surface area contributed by atoms with Crippen molar-refractivity contribution in [2.45, 2.75) is 86.1 Å². The summed E-state index contributed by atoms with van der Waals surface area (Å²) in [6.45, 7) is 14.2. The van der Waals surface area contributed by atoms with Crippen molar-refractivity contribution in [1.29, 1.82) is 0 Å². The molecule has 7 rings (SSSR count). The van der Waals surface area contributed by atoms with Crippen LogP contribution in [0.3, 0.4) is 0 Å². The Kier molecular flexibility index (Phi) is 9.09. The van der Waals surface area contributed by atoms with Crippen LogP contribution in [0, 0.1) is 12.8 Å². The summed E-state index contributed by atoms with van der Waals surface area (Å²) in [5.41, 5.74) is 16.2. The molecule has 0 aliphatic heterocycles. The number of halogens is 2. The van der Waals surface area contributed by atoms with Crippen molar-refractivity contribution in [3.63, 3.8) is 0 Å². The van der Waals surface area contributed by atoms with E-state index < -0.39 is 21.5 Å². The molecule has 3 aliphatic carbocycles. The van der Waals surface area contributed by atoms with E-state index in [4.69, 9.17) is 17.0 Å². The summed E-state index contributed by atoms with van der Waals surface area (Å²) in [7, 11) is 17.3. The monoisotopic (exact) mass is 753 g/mol. The van der Waals surface area contributed by atoms with Crippen molar-refractivity contribution in [1.82, 2.24) is 0 Å². The van der Waals surface area contributed by atoms with Crippen LogP contribution in [-0.2, 0) is 15.6 Å². The summed E-state index contributed by atoms with van der Waals surface area (Å²) in [5, 5.41) is 0. The van der Waals surface area contributed by atoms with Gasteiger partial charge in [-0.1, -0.05) is 0 Å². The fraction of sp³-hybridized carbons (Fsp3) is 0.349. The first-order valence-corrected chi connectivity index (χ1v) is 34.2. The Morgan fingerprint density at radius 1 is 0.681 bits per heavy atom. The van der Waals surface area contributed by atoms with Gasteiger partial charge in [-0.05, 0) is 0 Å². The molecule has 0 radical (unpaired) electrons. The Morgan fingerprint density at radius 3 is 2.00 bits per heavy atom. The van der Waals surface area contributed by atoms with Gasteiger partial charge in [0.15, 0.2) is 0 Å². The van der Waals surface area contributed by atoms with Crippen molar-refractivity contribution in [2.75, 3.05) is 0 Å². The van der Waals surface area contributed by atoms with Gasteiger partial charge in [0, 0.05) is 0 Å². The maximum atomic E-state index is 8.66. The van der Waals surface area contributed by atoms with Gasteiger partial charge in [0.1, 0.15) is 0 Å². The summed E-state index contributed by atoms with van der Waals surface area (Å²) in [4.78, 5) is 0. The fourth-order valence-corrected chi connectivity index (χ4v) is 41.6. The Labute approximate surface area is 292 Å². The zero-order valence-corrected chi connectivity index (χ0v) is 34.0. The summed E-state index contributed by atoms with van der Waals surface area (Å²) in [6.07, 6.45) is 11.7. The van der Waals surface area contributed by atoms with Gasteiger partial charge in [0.2, 0.25) is 0 Å². The van der Waals surface area contributed by atoms with Gasteiger partial charge in [-0.2, -0.15) is 0 Å². The number of hydrogen-bond donors (Lipinski definition) is 0. The van der Waals surface area contributed by atoms with Crippen molar-refractivity contribution in [3.8, 4) is 22.3 Å². The van der Waals surface area contributed by atoms with Gasteiger partial charge >= 0.3 is 294 Å². The molecule has 47 heavy (non-hydrogen) atoms. The second-order valence-electron chi connectivity index (χ2n) is 15.3. The van der Waals surface area contributed by atoms with E-state index in [0.717, 1.165) is 0 Å². The first-order chi connectivity index (χ1) is 22.5. The van der Waals surface area contributed by atoms with Crippen molar-refractivity contribution < 1.29 is 15.6 Å². The molecule has 243 valence electrons. The van der Waals surface area contributed by atoms with Crippen LogP contribution in [0.2, 0.25) is 13.1 Å². The number of rotatable bonds is 7. The van der Waals surface area contributed by atoms with E-state index in [1.807, 2.05) is 0 Å². The van der Waals surface area contributed by atoms with E-state index in [-0.39, 0.29) is 7.25 Å². The van der Waals surface area contributed by atoms with Crippen molar-refractivity contribution >= 4 is 35.1 Å². The first-order valence-electron chi connectivity index (χ1n) is 17.9. The summed E-state index contributed by atoms with van der Waals surface area (Å²) >= 11 is -4.82. The predicted octanol–water partition coefficient (Wildman–Crippen LogP) is 13.6. The molecule has 1 fully saturated rings. The fourth-order valence-electron chi connectivity index (χ4n) is 9.40. The quantitative estimate of drug-likeness (QED) is 0.165. The van der Waals surface area contributed by atoms with E-state index in [2.05, 4.69) is 138 Å². The first kappa shape index (κ1) is 33.5. The molecule has 3 aliphatic rings. The summed E-state index contributed by atoms with van der Waals surface area (Å²) in [5.74, 6) is -0.552. The number of hydrogen-bond acceptors (Lipinski definition) is 0. The molecular weight excluding hydrogens is 707 g/mol. The molecule has 0 bridgehead atoms. The summed E-state index contributed by atoms with van der Waals surface area (Å²) in [6, 6.07) is 31.9. The number of fused-ring (bicyclic) bond motifs is 2. The molecule has 2 unspecified atom stereocenters.